The van der Waals surface area contributed by atoms with Crippen molar-refractivity contribution >= 4 is 11.0 Å². The summed E-state index contributed by atoms with van der Waals surface area (Å²) in [4.78, 5) is 20.4. The molecule has 0 saturated heterocycles. The number of ether oxygens (including phenoxy) is 1. The van der Waals surface area contributed by atoms with Gasteiger partial charge in [0.15, 0.2) is 5.52 Å². The van der Waals surface area contributed by atoms with Crippen molar-refractivity contribution in [2.75, 3.05) is 6.86 Å². The van der Waals surface area contributed by atoms with Crippen LogP contribution in [0.4, 0.5) is 4.39 Å². The first-order valence-electron chi connectivity index (χ1n) is 5.91. The van der Waals surface area contributed by atoms with E-state index in [-0.39, 0.29) is 5.56 Å². The average molecular weight is 271 g/mol. The standard InChI is InChI=1S/C14H10FN3O2/c15-9-20-11-3-1-10(2-4-11)18-8-5-12-13(14(18)19)17-7-6-16-12/h1-8H,9H2. The van der Waals surface area contributed by atoms with Crippen molar-refractivity contribution in [3.8, 4) is 11.4 Å². The summed E-state index contributed by atoms with van der Waals surface area (Å²) in [5.74, 6) is 0.407. The summed E-state index contributed by atoms with van der Waals surface area (Å²) in [5, 5.41) is 0. The maximum absolute atomic E-state index is 12.3. The third kappa shape index (κ3) is 2.11. The van der Waals surface area contributed by atoms with Gasteiger partial charge < -0.3 is 4.74 Å². The lowest BCUT2D eigenvalue weighted by Crippen LogP contribution is -2.18. The molecule has 2 aromatic heterocycles. The molecule has 5 nitrogen and oxygen atoms in total. The summed E-state index contributed by atoms with van der Waals surface area (Å²) < 4.78 is 18.2. The van der Waals surface area contributed by atoms with Crippen LogP contribution in [0, 0.1) is 0 Å². The molecule has 0 radical (unpaired) electrons. The third-order valence-corrected chi connectivity index (χ3v) is 2.87. The number of fused-ring (bicyclic) bond motifs is 1. The maximum atomic E-state index is 12.3. The Hall–Kier alpha value is -2.76. The normalized spacial score (nSPS) is 10.7. The molecule has 3 aromatic rings. The number of alkyl halides is 1. The second-order valence-electron chi connectivity index (χ2n) is 4.03. The van der Waals surface area contributed by atoms with E-state index in [0.717, 1.165) is 0 Å². The summed E-state index contributed by atoms with van der Waals surface area (Å²) in [5.41, 5.74) is 1.24. The lowest BCUT2D eigenvalue weighted by atomic mass is 10.3. The Bertz CT molecular complexity index is 799. The summed E-state index contributed by atoms with van der Waals surface area (Å²) in [6.45, 7) is -0.884. The second-order valence-corrected chi connectivity index (χ2v) is 4.03. The van der Waals surface area contributed by atoms with Crippen LogP contribution in [-0.4, -0.2) is 21.4 Å². The predicted octanol–water partition coefficient (Wildman–Crippen LogP) is 2.09. The molecular weight excluding hydrogens is 261 g/mol. The van der Waals surface area contributed by atoms with E-state index in [1.807, 2.05) is 0 Å². The molecule has 100 valence electrons. The highest BCUT2D eigenvalue weighted by Gasteiger charge is 2.06. The van der Waals surface area contributed by atoms with Gasteiger partial charge in [0.05, 0.1) is 5.52 Å². The van der Waals surface area contributed by atoms with Crippen molar-refractivity contribution in [2.45, 2.75) is 0 Å². The molecule has 3 rings (SSSR count). The Kier molecular flexibility index (Phi) is 3.12. The van der Waals surface area contributed by atoms with Gasteiger partial charge in [-0.3, -0.25) is 14.3 Å². The van der Waals surface area contributed by atoms with Gasteiger partial charge in [-0.15, -0.1) is 0 Å². The lowest BCUT2D eigenvalue weighted by molar-refractivity contribution is 0.192. The van der Waals surface area contributed by atoms with Gasteiger partial charge in [0.2, 0.25) is 6.86 Å². The molecule has 2 heterocycles. The monoisotopic (exact) mass is 271 g/mol. The van der Waals surface area contributed by atoms with Gasteiger partial charge >= 0.3 is 0 Å². The number of aromatic nitrogens is 3. The zero-order valence-corrected chi connectivity index (χ0v) is 10.4. The van der Waals surface area contributed by atoms with E-state index in [9.17, 15) is 9.18 Å². The van der Waals surface area contributed by atoms with E-state index in [4.69, 9.17) is 4.74 Å². The number of benzene rings is 1. The van der Waals surface area contributed by atoms with Crippen LogP contribution in [0.15, 0.2) is 53.7 Å². The zero-order chi connectivity index (χ0) is 13.9. The van der Waals surface area contributed by atoms with E-state index in [1.165, 1.54) is 17.0 Å². The largest absolute Gasteiger partial charge is 0.463 e. The van der Waals surface area contributed by atoms with Crippen LogP contribution in [0.5, 0.6) is 5.75 Å². The van der Waals surface area contributed by atoms with Gasteiger partial charge in [-0.1, -0.05) is 0 Å². The van der Waals surface area contributed by atoms with E-state index in [2.05, 4.69) is 9.97 Å². The van der Waals surface area contributed by atoms with Crippen LogP contribution in [0.25, 0.3) is 16.7 Å². The van der Waals surface area contributed by atoms with Crippen molar-refractivity contribution in [3.05, 3.63) is 59.3 Å². The van der Waals surface area contributed by atoms with Gasteiger partial charge in [-0.05, 0) is 30.3 Å². The summed E-state index contributed by atoms with van der Waals surface area (Å²) in [7, 11) is 0. The highest BCUT2D eigenvalue weighted by atomic mass is 19.1. The number of rotatable bonds is 3. The topological polar surface area (TPSA) is 57.0 Å². The summed E-state index contributed by atoms with van der Waals surface area (Å²) in [6.07, 6.45) is 4.64. The van der Waals surface area contributed by atoms with Crippen LogP contribution in [0.2, 0.25) is 0 Å². The minimum atomic E-state index is -0.884. The van der Waals surface area contributed by atoms with Gasteiger partial charge in [0.25, 0.3) is 5.56 Å². The van der Waals surface area contributed by atoms with E-state index >= 15 is 0 Å². The number of hydrogen-bond donors (Lipinski definition) is 0. The smallest absolute Gasteiger partial charge is 0.283 e. The van der Waals surface area contributed by atoms with Crippen molar-refractivity contribution < 1.29 is 9.13 Å². The first kappa shape index (κ1) is 12.3. The fraction of sp³-hybridized carbons (Fsp3) is 0.0714. The number of nitrogens with zero attached hydrogens (tertiary/aromatic N) is 3. The van der Waals surface area contributed by atoms with Crippen molar-refractivity contribution in [1.29, 1.82) is 0 Å². The highest BCUT2D eigenvalue weighted by molar-refractivity contribution is 5.72. The molecule has 20 heavy (non-hydrogen) atoms. The molecule has 0 saturated carbocycles. The fourth-order valence-corrected chi connectivity index (χ4v) is 1.93. The van der Waals surface area contributed by atoms with Crippen LogP contribution >= 0.6 is 0 Å². The maximum Gasteiger partial charge on any atom is 0.283 e. The molecule has 0 amide bonds. The third-order valence-electron chi connectivity index (χ3n) is 2.87. The Morgan fingerprint density at radius 2 is 1.85 bits per heavy atom. The molecule has 0 bridgehead atoms. The number of pyridine rings is 1. The first-order valence-corrected chi connectivity index (χ1v) is 5.91. The molecule has 1 aromatic carbocycles. The quantitative estimate of drug-likeness (QED) is 0.732. The molecule has 0 unspecified atom stereocenters. The molecule has 0 N–H and O–H groups in total. The minimum absolute atomic E-state index is 0.255. The molecule has 0 atom stereocenters. The molecule has 0 spiro atoms. The summed E-state index contributed by atoms with van der Waals surface area (Å²) in [6, 6.07) is 8.27. The molecule has 6 heteroatoms. The van der Waals surface area contributed by atoms with Gasteiger partial charge in [0, 0.05) is 24.3 Å². The first-order chi connectivity index (χ1) is 9.79. The van der Waals surface area contributed by atoms with Crippen molar-refractivity contribution in [1.82, 2.24) is 14.5 Å². The molecule has 0 aliphatic carbocycles. The van der Waals surface area contributed by atoms with Gasteiger partial charge in [-0.2, -0.15) is 0 Å². The number of halogens is 1. The van der Waals surface area contributed by atoms with Crippen LogP contribution in [-0.2, 0) is 0 Å². The Morgan fingerprint density at radius 3 is 2.60 bits per heavy atom. The SMILES string of the molecule is O=c1c2nccnc2ccn1-c1ccc(OCF)cc1. The minimum Gasteiger partial charge on any atom is -0.463 e. The van der Waals surface area contributed by atoms with Crippen molar-refractivity contribution in [3.63, 3.8) is 0 Å². The van der Waals surface area contributed by atoms with E-state index < -0.39 is 6.86 Å². The molecule has 0 aliphatic rings. The Balaban J connectivity index is 2.10. The van der Waals surface area contributed by atoms with Crippen LogP contribution in [0.3, 0.4) is 0 Å². The van der Waals surface area contributed by atoms with Crippen molar-refractivity contribution in [2.24, 2.45) is 0 Å². The Morgan fingerprint density at radius 1 is 1.10 bits per heavy atom. The number of hydrogen-bond acceptors (Lipinski definition) is 4. The summed E-state index contributed by atoms with van der Waals surface area (Å²) >= 11 is 0. The highest BCUT2D eigenvalue weighted by Crippen LogP contribution is 2.15. The fourth-order valence-electron chi connectivity index (χ4n) is 1.93. The zero-order valence-electron chi connectivity index (χ0n) is 10.4. The van der Waals surface area contributed by atoms with Crippen LogP contribution < -0.4 is 10.3 Å². The molecule has 0 fully saturated rings. The predicted molar refractivity (Wildman–Crippen MR) is 71.7 cm³/mol. The second kappa shape index (κ2) is 5.08. The van der Waals surface area contributed by atoms with E-state index in [1.54, 1.807) is 36.5 Å². The molecular formula is C14H10FN3O2. The average Bonchev–Trinajstić information content (AvgIpc) is 2.49. The molecule has 0 aliphatic heterocycles. The van der Waals surface area contributed by atoms with E-state index in [0.29, 0.717) is 22.5 Å². The van der Waals surface area contributed by atoms with Gasteiger partial charge in [-0.25, -0.2) is 9.37 Å². The Labute approximate surface area is 113 Å². The van der Waals surface area contributed by atoms with Crippen LogP contribution in [0.1, 0.15) is 0 Å². The van der Waals surface area contributed by atoms with Gasteiger partial charge in [0.1, 0.15) is 5.75 Å². The lowest BCUT2D eigenvalue weighted by Gasteiger charge is -2.07.